The Morgan fingerprint density at radius 3 is 0.959 bits per heavy atom. The number of allylic oxidation sites excluding steroid dienone is 2. The van der Waals surface area contributed by atoms with Crippen LogP contribution in [-0.2, 0) is 14.3 Å². The molecule has 0 saturated carbocycles. The van der Waals surface area contributed by atoms with Gasteiger partial charge in [-0.25, -0.2) is 0 Å². The van der Waals surface area contributed by atoms with Crippen LogP contribution in [0.4, 0.5) is 0 Å². The average molecular weight is 1040 g/mol. The van der Waals surface area contributed by atoms with Gasteiger partial charge in [0.15, 0.2) is 0 Å². The summed E-state index contributed by atoms with van der Waals surface area (Å²) in [6.07, 6.45) is 78.2. The minimum absolute atomic E-state index is 0.0184. The summed E-state index contributed by atoms with van der Waals surface area (Å²) < 4.78 is 5.50. The van der Waals surface area contributed by atoms with Crippen LogP contribution in [0.2, 0.25) is 0 Å². The molecular weight excluding hydrogens is 911 g/mol. The third-order valence-corrected chi connectivity index (χ3v) is 16.1. The van der Waals surface area contributed by atoms with E-state index in [1.54, 1.807) is 0 Å². The molecule has 0 aromatic rings. The van der Waals surface area contributed by atoms with E-state index in [-0.39, 0.29) is 18.5 Å². The van der Waals surface area contributed by atoms with Crippen LogP contribution in [-0.4, -0.2) is 47.4 Å². The molecule has 440 valence electrons. The second-order valence-corrected chi connectivity index (χ2v) is 23.5. The lowest BCUT2D eigenvalue weighted by molar-refractivity contribution is -0.143. The van der Waals surface area contributed by atoms with E-state index >= 15 is 0 Å². The van der Waals surface area contributed by atoms with Gasteiger partial charge >= 0.3 is 5.97 Å². The highest BCUT2D eigenvalue weighted by Crippen LogP contribution is 2.19. The van der Waals surface area contributed by atoms with Crippen molar-refractivity contribution in [3.63, 3.8) is 0 Å². The number of nitrogens with one attached hydrogen (secondary N) is 1. The van der Waals surface area contributed by atoms with Crippen LogP contribution in [0.1, 0.15) is 386 Å². The molecule has 0 aliphatic rings. The lowest BCUT2D eigenvalue weighted by atomic mass is 10.0. The normalized spacial score (nSPS) is 12.5. The van der Waals surface area contributed by atoms with Crippen molar-refractivity contribution >= 4 is 11.9 Å². The fraction of sp³-hybridized carbons (Fsp3) is 0.941. The molecule has 3 N–H and O–H groups in total. The number of unbranched alkanes of at least 4 members (excludes halogenated alkanes) is 51. The number of aliphatic hydroxyl groups is 2. The molecule has 2 unspecified atom stereocenters. The van der Waals surface area contributed by atoms with Crippen LogP contribution in [0.3, 0.4) is 0 Å². The first-order chi connectivity index (χ1) is 36.5. The summed E-state index contributed by atoms with van der Waals surface area (Å²) in [6.45, 7) is 4.99. The highest BCUT2D eigenvalue weighted by atomic mass is 16.5. The molecule has 0 aromatic carbocycles. The minimum Gasteiger partial charge on any atom is -0.466 e. The van der Waals surface area contributed by atoms with E-state index in [0.29, 0.717) is 25.9 Å². The maximum atomic E-state index is 12.5. The predicted molar refractivity (Wildman–Crippen MR) is 324 cm³/mol. The zero-order valence-corrected chi connectivity index (χ0v) is 50.4. The van der Waals surface area contributed by atoms with E-state index < -0.39 is 12.1 Å². The van der Waals surface area contributed by atoms with Crippen molar-refractivity contribution in [3.8, 4) is 0 Å². The number of hydrogen-bond donors (Lipinski definition) is 3. The van der Waals surface area contributed by atoms with E-state index in [4.69, 9.17) is 4.74 Å². The Morgan fingerprint density at radius 2 is 0.635 bits per heavy atom. The van der Waals surface area contributed by atoms with Crippen LogP contribution >= 0.6 is 0 Å². The molecule has 0 saturated heterocycles. The Kier molecular flexibility index (Phi) is 62.9. The molecule has 0 heterocycles. The van der Waals surface area contributed by atoms with E-state index in [2.05, 4.69) is 31.3 Å². The second-order valence-electron chi connectivity index (χ2n) is 23.5. The summed E-state index contributed by atoms with van der Waals surface area (Å²) in [4.78, 5) is 24.6. The van der Waals surface area contributed by atoms with Crippen molar-refractivity contribution in [1.29, 1.82) is 0 Å². The largest absolute Gasteiger partial charge is 0.466 e. The van der Waals surface area contributed by atoms with Gasteiger partial charge in [-0.05, 0) is 51.4 Å². The number of esters is 1. The summed E-state index contributed by atoms with van der Waals surface area (Å²) in [5, 5.41) is 23.3. The Labute approximate surface area is 463 Å². The molecule has 0 radical (unpaired) electrons. The molecule has 2 atom stereocenters. The van der Waals surface area contributed by atoms with E-state index in [9.17, 15) is 19.8 Å². The van der Waals surface area contributed by atoms with Gasteiger partial charge in [0.2, 0.25) is 5.91 Å². The average Bonchev–Trinajstić information content (AvgIpc) is 3.40. The lowest BCUT2D eigenvalue weighted by Gasteiger charge is -2.22. The summed E-state index contributed by atoms with van der Waals surface area (Å²) in [7, 11) is 0. The predicted octanol–water partition coefficient (Wildman–Crippen LogP) is 21.6. The fourth-order valence-electron chi connectivity index (χ4n) is 10.9. The van der Waals surface area contributed by atoms with Crippen molar-refractivity contribution in [2.75, 3.05) is 13.2 Å². The second kappa shape index (κ2) is 64.1. The molecule has 0 spiro atoms. The number of carbonyl (C=O) groups excluding carboxylic acids is 2. The maximum Gasteiger partial charge on any atom is 0.305 e. The Hall–Kier alpha value is -1.40. The zero-order chi connectivity index (χ0) is 53.6. The number of hydrogen-bond acceptors (Lipinski definition) is 5. The highest BCUT2D eigenvalue weighted by molar-refractivity contribution is 5.76. The molecule has 0 rings (SSSR count). The summed E-state index contributed by atoms with van der Waals surface area (Å²) in [5.74, 6) is -0.0167. The van der Waals surface area contributed by atoms with Crippen molar-refractivity contribution < 1.29 is 24.5 Å². The molecule has 0 bridgehead atoms. The topological polar surface area (TPSA) is 95.9 Å². The van der Waals surface area contributed by atoms with E-state index in [0.717, 1.165) is 38.5 Å². The molecule has 0 aliphatic carbocycles. The highest BCUT2D eigenvalue weighted by Gasteiger charge is 2.20. The van der Waals surface area contributed by atoms with E-state index in [1.807, 2.05) is 0 Å². The molecular formula is C68H133NO5. The first-order valence-electron chi connectivity index (χ1n) is 33.9. The third-order valence-electron chi connectivity index (χ3n) is 16.1. The smallest absolute Gasteiger partial charge is 0.305 e. The van der Waals surface area contributed by atoms with Crippen molar-refractivity contribution in [3.05, 3.63) is 12.2 Å². The quantitative estimate of drug-likeness (QED) is 0.0320. The summed E-state index contributed by atoms with van der Waals surface area (Å²) in [6, 6.07) is -0.543. The van der Waals surface area contributed by atoms with Gasteiger partial charge in [-0.2, -0.15) is 0 Å². The summed E-state index contributed by atoms with van der Waals surface area (Å²) >= 11 is 0. The standard InChI is InChI=1S/C68H133NO5/c1-3-5-7-9-11-13-15-17-19-29-34-38-42-46-50-54-58-62-68(73)74-63-59-55-51-47-43-39-35-31-28-26-24-22-20-21-23-25-27-30-33-37-41-45-49-53-57-61-67(72)69-65(64-70)66(71)60-56-52-48-44-40-36-32-18-16-14-12-10-8-6-4-2/h21,23,65-66,70-71H,3-20,22,24-64H2,1-2H3,(H,69,72)/b23-21-. The molecule has 74 heavy (non-hydrogen) atoms. The Morgan fingerprint density at radius 1 is 0.365 bits per heavy atom. The lowest BCUT2D eigenvalue weighted by Crippen LogP contribution is -2.45. The molecule has 0 fully saturated rings. The fourth-order valence-corrected chi connectivity index (χ4v) is 10.9. The van der Waals surface area contributed by atoms with Gasteiger partial charge in [0.05, 0.1) is 25.4 Å². The summed E-state index contributed by atoms with van der Waals surface area (Å²) in [5.41, 5.74) is 0. The number of aliphatic hydroxyl groups excluding tert-OH is 2. The van der Waals surface area contributed by atoms with Gasteiger partial charge in [0, 0.05) is 12.8 Å². The Balaban J connectivity index is 3.37. The Bertz CT molecular complexity index is 1110. The number of carbonyl (C=O) groups is 2. The SMILES string of the molecule is CCCCCCCCCCCCCCCCCCCC(=O)OCCCCCCCCCCCCCC/C=C\CCCCCCCCCCCC(=O)NC(CO)C(O)CCCCCCCCCCCCCCCCC. The van der Waals surface area contributed by atoms with Crippen LogP contribution < -0.4 is 5.32 Å². The van der Waals surface area contributed by atoms with Crippen molar-refractivity contribution in [2.45, 2.75) is 398 Å². The first kappa shape index (κ1) is 72.6. The zero-order valence-electron chi connectivity index (χ0n) is 50.4. The van der Waals surface area contributed by atoms with Gasteiger partial charge in [0.25, 0.3) is 0 Å². The first-order valence-corrected chi connectivity index (χ1v) is 33.9. The van der Waals surface area contributed by atoms with Crippen molar-refractivity contribution in [1.82, 2.24) is 5.32 Å². The molecule has 0 aliphatic heterocycles. The number of rotatable bonds is 64. The van der Waals surface area contributed by atoms with Gasteiger partial charge in [-0.1, -0.05) is 334 Å². The van der Waals surface area contributed by atoms with Crippen LogP contribution in [0.5, 0.6) is 0 Å². The van der Waals surface area contributed by atoms with Gasteiger partial charge in [0.1, 0.15) is 0 Å². The number of ether oxygens (including phenoxy) is 1. The van der Waals surface area contributed by atoms with Crippen LogP contribution in [0.25, 0.3) is 0 Å². The molecule has 6 nitrogen and oxygen atoms in total. The van der Waals surface area contributed by atoms with E-state index in [1.165, 1.54) is 315 Å². The van der Waals surface area contributed by atoms with Gasteiger partial charge in [-0.3, -0.25) is 9.59 Å². The molecule has 1 amide bonds. The van der Waals surface area contributed by atoms with Gasteiger partial charge < -0.3 is 20.3 Å². The molecule has 0 aromatic heterocycles. The monoisotopic (exact) mass is 1040 g/mol. The van der Waals surface area contributed by atoms with Crippen molar-refractivity contribution in [2.24, 2.45) is 0 Å². The number of amides is 1. The third kappa shape index (κ3) is 59.8. The van der Waals surface area contributed by atoms with Crippen LogP contribution in [0, 0.1) is 0 Å². The van der Waals surface area contributed by atoms with Crippen LogP contribution in [0.15, 0.2) is 12.2 Å². The molecule has 6 heteroatoms. The minimum atomic E-state index is -0.665. The maximum absolute atomic E-state index is 12.5. The van der Waals surface area contributed by atoms with Gasteiger partial charge in [-0.15, -0.1) is 0 Å².